The van der Waals surface area contributed by atoms with Gasteiger partial charge in [-0.1, -0.05) is 20.8 Å². The molecule has 0 spiro atoms. The summed E-state index contributed by atoms with van der Waals surface area (Å²) in [6, 6.07) is 0.321. The SMILES string of the molecule is CC(C)N(CCC(=O)O)Cc1nc(C(C)(C)C)cs1. The van der Waals surface area contributed by atoms with Crippen LogP contribution >= 0.6 is 11.3 Å². The van der Waals surface area contributed by atoms with Crippen LogP contribution in [0.4, 0.5) is 0 Å². The van der Waals surface area contributed by atoms with Gasteiger partial charge in [0.15, 0.2) is 0 Å². The molecule has 0 aliphatic carbocycles. The van der Waals surface area contributed by atoms with Gasteiger partial charge in [0.25, 0.3) is 0 Å². The van der Waals surface area contributed by atoms with Gasteiger partial charge in [-0.25, -0.2) is 4.98 Å². The summed E-state index contributed by atoms with van der Waals surface area (Å²) in [7, 11) is 0. The minimum Gasteiger partial charge on any atom is -0.481 e. The van der Waals surface area contributed by atoms with Crippen LogP contribution in [0.15, 0.2) is 5.38 Å². The van der Waals surface area contributed by atoms with E-state index in [1.54, 1.807) is 11.3 Å². The van der Waals surface area contributed by atoms with E-state index in [1.807, 2.05) is 0 Å². The maximum absolute atomic E-state index is 10.7. The molecule has 19 heavy (non-hydrogen) atoms. The van der Waals surface area contributed by atoms with Gasteiger partial charge in [-0.05, 0) is 13.8 Å². The van der Waals surface area contributed by atoms with E-state index in [0.717, 1.165) is 17.2 Å². The topological polar surface area (TPSA) is 53.4 Å². The van der Waals surface area contributed by atoms with Crippen molar-refractivity contribution in [2.24, 2.45) is 0 Å². The molecule has 0 aliphatic rings. The molecule has 4 nitrogen and oxygen atoms in total. The molecule has 108 valence electrons. The molecule has 0 amide bonds. The number of nitrogens with zero attached hydrogens (tertiary/aromatic N) is 2. The first-order valence-corrected chi connectivity index (χ1v) is 7.49. The van der Waals surface area contributed by atoms with Crippen molar-refractivity contribution in [2.45, 2.75) is 59.0 Å². The molecule has 0 unspecified atom stereocenters. The van der Waals surface area contributed by atoms with Crippen molar-refractivity contribution in [1.82, 2.24) is 9.88 Å². The van der Waals surface area contributed by atoms with Crippen LogP contribution in [0, 0.1) is 0 Å². The Morgan fingerprint density at radius 2 is 2.11 bits per heavy atom. The van der Waals surface area contributed by atoms with Crippen molar-refractivity contribution in [3.05, 3.63) is 16.1 Å². The standard InChI is InChI=1S/C14H24N2O2S/c1-10(2)16(7-6-13(17)18)8-12-15-11(9-19-12)14(3,4)5/h9-10H,6-8H2,1-5H3,(H,17,18). The fourth-order valence-corrected chi connectivity index (χ4v) is 2.71. The Bertz CT molecular complexity index is 421. The normalized spacial score (nSPS) is 12.4. The van der Waals surface area contributed by atoms with Crippen LogP contribution in [-0.2, 0) is 16.8 Å². The number of carboxylic acids is 1. The number of thiazole rings is 1. The fourth-order valence-electron chi connectivity index (χ4n) is 1.66. The average Bonchev–Trinajstić information content (AvgIpc) is 2.71. The van der Waals surface area contributed by atoms with E-state index in [9.17, 15) is 4.79 Å². The van der Waals surface area contributed by atoms with E-state index < -0.39 is 5.97 Å². The van der Waals surface area contributed by atoms with Gasteiger partial charge >= 0.3 is 5.97 Å². The summed E-state index contributed by atoms with van der Waals surface area (Å²) in [5, 5.41) is 11.9. The summed E-state index contributed by atoms with van der Waals surface area (Å²) in [6.45, 7) is 11.9. The van der Waals surface area contributed by atoms with Crippen LogP contribution in [0.3, 0.4) is 0 Å². The lowest BCUT2D eigenvalue weighted by atomic mass is 9.93. The summed E-state index contributed by atoms with van der Waals surface area (Å²) in [5.41, 5.74) is 1.17. The van der Waals surface area contributed by atoms with Crippen molar-refractivity contribution in [1.29, 1.82) is 0 Å². The molecule has 0 aromatic carbocycles. The van der Waals surface area contributed by atoms with Crippen molar-refractivity contribution >= 4 is 17.3 Å². The molecule has 5 heteroatoms. The molecule has 1 aromatic rings. The first-order valence-electron chi connectivity index (χ1n) is 6.61. The molecule has 0 aliphatic heterocycles. The molecule has 1 aromatic heterocycles. The van der Waals surface area contributed by atoms with Crippen LogP contribution in [0.25, 0.3) is 0 Å². The molecule has 0 fully saturated rings. The largest absolute Gasteiger partial charge is 0.481 e. The van der Waals surface area contributed by atoms with Crippen LogP contribution in [0.1, 0.15) is 51.7 Å². The molecular weight excluding hydrogens is 260 g/mol. The first-order chi connectivity index (χ1) is 8.70. The monoisotopic (exact) mass is 284 g/mol. The third-order valence-corrected chi connectivity index (χ3v) is 3.84. The minimum atomic E-state index is -0.750. The average molecular weight is 284 g/mol. The second-order valence-electron chi connectivity index (χ2n) is 6.08. The van der Waals surface area contributed by atoms with Gasteiger partial charge in [-0.2, -0.15) is 0 Å². The summed E-state index contributed by atoms with van der Waals surface area (Å²) in [5.74, 6) is -0.750. The Labute approximate surface area is 119 Å². The number of carboxylic acid groups (broad SMARTS) is 1. The predicted molar refractivity (Wildman–Crippen MR) is 78.6 cm³/mol. The molecule has 1 N–H and O–H groups in total. The molecule has 0 atom stereocenters. The van der Waals surface area contributed by atoms with E-state index in [0.29, 0.717) is 12.6 Å². The molecule has 0 bridgehead atoms. The molecule has 0 saturated heterocycles. The lowest BCUT2D eigenvalue weighted by molar-refractivity contribution is -0.137. The zero-order valence-corrected chi connectivity index (χ0v) is 13.3. The van der Waals surface area contributed by atoms with E-state index in [4.69, 9.17) is 5.11 Å². The van der Waals surface area contributed by atoms with E-state index in [1.165, 1.54) is 0 Å². The van der Waals surface area contributed by atoms with E-state index >= 15 is 0 Å². The number of rotatable bonds is 6. The smallest absolute Gasteiger partial charge is 0.304 e. The van der Waals surface area contributed by atoms with Gasteiger partial charge in [0.1, 0.15) is 5.01 Å². The Morgan fingerprint density at radius 1 is 1.47 bits per heavy atom. The maximum atomic E-state index is 10.7. The zero-order valence-electron chi connectivity index (χ0n) is 12.4. The van der Waals surface area contributed by atoms with E-state index in [-0.39, 0.29) is 11.8 Å². The number of aliphatic carboxylic acids is 1. The van der Waals surface area contributed by atoms with Gasteiger partial charge in [0.2, 0.25) is 0 Å². The first kappa shape index (κ1) is 16.1. The second-order valence-corrected chi connectivity index (χ2v) is 7.03. The Morgan fingerprint density at radius 3 is 2.53 bits per heavy atom. The van der Waals surface area contributed by atoms with Gasteiger partial charge < -0.3 is 5.11 Å². The van der Waals surface area contributed by atoms with Crippen molar-refractivity contribution in [2.75, 3.05) is 6.54 Å². The Balaban J connectivity index is 2.69. The fraction of sp³-hybridized carbons (Fsp3) is 0.714. The van der Waals surface area contributed by atoms with Gasteiger partial charge in [0.05, 0.1) is 18.7 Å². The minimum absolute atomic E-state index is 0.0679. The molecule has 0 saturated carbocycles. The molecule has 0 radical (unpaired) electrons. The van der Waals surface area contributed by atoms with Gasteiger partial charge in [0, 0.05) is 23.4 Å². The highest BCUT2D eigenvalue weighted by atomic mass is 32.1. The lowest BCUT2D eigenvalue weighted by Crippen LogP contribution is -2.32. The van der Waals surface area contributed by atoms with Gasteiger partial charge in [-0.15, -0.1) is 11.3 Å². The second kappa shape index (κ2) is 6.48. The van der Waals surface area contributed by atoms with Crippen molar-refractivity contribution in [3.63, 3.8) is 0 Å². The third-order valence-electron chi connectivity index (χ3n) is 3.00. The van der Waals surface area contributed by atoms with Crippen LogP contribution in [0.5, 0.6) is 0 Å². The van der Waals surface area contributed by atoms with Crippen molar-refractivity contribution < 1.29 is 9.90 Å². The van der Waals surface area contributed by atoms with E-state index in [2.05, 4.69) is 49.9 Å². The van der Waals surface area contributed by atoms with Crippen LogP contribution in [0.2, 0.25) is 0 Å². The number of aromatic nitrogens is 1. The third kappa shape index (κ3) is 5.28. The maximum Gasteiger partial charge on any atom is 0.304 e. The highest BCUT2D eigenvalue weighted by molar-refractivity contribution is 7.09. The molecule has 1 heterocycles. The molecular formula is C14H24N2O2S. The zero-order chi connectivity index (χ0) is 14.6. The summed E-state index contributed by atoms with van der Waals surface area (Å²) in [6.07, 6.45) is 0.176. The Kier molecular flexibility index (Phi) is 5.50. The highest BCUT2D eigenvalue weighted by Crippen LogP contribution is 2.24. The summed E-state index contributed by atoms with van der Waals surface area (Å²) >= 11 is 1.66. The number of hydrogen-bond donors (Lipinski definition) is 1. The number of hydrogen-bond acceptors (Lipinski definition) is 4. The highest BCUT2D eigenvalue weighted by Gasteiger charge is 2.19. The summed E-state index contributed by atoms with van der Waals surface area (Å²) < 4.78 is 0. The number of carbonyl (C=O) groups is 1. The lowest BCUT2D eigenvalue weighted by Gasteiger charge is -2.24. The van der Waals surface area contributed by atoms with Gasteiger partial charge in [-0.3, -0.25) is 9.69 Å². The van der Waals surface area contributed by atoms with Crippen LogP contribution < -0.4 is 0 Å². The predicted octanol–water partition coefficient (Wildman–Crippen LogP) is 3.13. The Hall–Kier alpha value is -0.940. The van der Waals surface area contributed by atoms with Crippen molar-refractivity contribution in [3.8, 4) is 0 Å². The summed E-state index contributed by atoms with van der Waals surface area (Å²) in [4.78, 5) is 17.5. The molecule has 1 rings (SSSR count). The quantitative estimate of drug-likeness (QED) is 0.872. The van der Waals surface area contributed by atoms with Crippen LogP contribution in [-0.4, -0.2) is 33.5 Å².